The third-order valence-electron chi connectivity index (χ3n) is 14.7. The Morgan fingerprint density at radius 3 is 2.53 bits per heavy atom. The van der Waals surface area contributed by atoms with Crippen molar-refractivity contribution >= 4 is 22.7 Å². The molecule has 3 heterocycles. The normalized spacial score (nSPS) is 41.3. The molecule has 0 bridgehead atoms. The third-order valence-corrected chi connectivity index (χ3v) is 14.7. The van der Waals surface area contributed by atoms with Gasteiger partial charge < -0.3 is 29.9 Å². The van der Waals surface area contributed by atoms with Crippen LogP contribution in [0.15, 0.2) is 36.5 Å². The minimum atomic E-state index is -0.620. The highest BCUT2D eigenvalue weighted by atomic mass is 16.6. The van der Waals surface area contributed by atoms with E-state index in [4.69, 9.17) is 0 Å². The monoisotopic (exact) mass is 644 g/mol. The molecule has 2 aromatic rings. The summed E-state index contributed by atoms with van der Waals surface area (Å²) >= 11 is 0. The fraction of sp³-hybridized carbons (Fsp3) is 0.711. The molecule has 1 aromatic heterocycles. The van der Waals surface area contributed by atoms with E-state index in [9.17, 15) is 25.0 Å². The lowest BCUT2D eigenvalue weighted by Gasteiger charge is -2.64. The van der Waals surface area contributed by atoms with Crippen LogP contribution in [0.3, 0.4) is 0 Å². The number of para-hydroxylation sites is 1. The van der Waals surface area contributed by atoms with Gasteiger partial charge in [0.25, 0.3) is 5.91 Å². The number of carbonyl (C=O) groups excluding carboxylic acids is 2. The van der Waals surface area contributed by atoms with Crippen molar-refractivity contribution in [2.24, 2.45) is 34.5 Å². The first-order valence-corrected chi connectivity index (χ1v) is 18.4. The molecule has 10 atom stereocenters. The van der Waals surface area contributed by atoms with E-state index in [1.165, 1.54) is 6.42 Å². The SMILES string of the molecule is C[C@]12C[C@H]([N+]3([O-])CCN(C(=O)[C@H]4CCCN4C(=O)c4cnc5ccccc5c4)CC3)[C@@H](O)CC1CCC1C2CC[C@@]2(C)C1CC[C@@H]2O. The maximum Gasteiger partial charge on any atom is 0.256 e. The van der Waals surface area contributed by atoms with Gasteiger partial charge in [0.15, 0.2) is 0 Å². The van der Waals surface area contributed by atoms with E-state index >= 15 is 0 Å². The zero-order chi connectivity index (χ0) is 32.7. The van der Waals surface area contributed by atoms with Crippen molar-refractivity contribution < 1.29 is 24.4 Å². The summed E-state index contributed by atoms with van der Waals surface area (Å²) in [6, 6.07) is 8.66. The van der Waals surface area contributed by atoms with Crippen molar-refractivity contribution in [3.8, 4) is 0 Å². The van der Waals surface area contributed by atoms with Gasteiger partial charge in [-0.2, -0.15) is 0 Å². The Hall–Kier alpha value is -2.59. The van der Waals surface area contributed by atoms with Crippen LogP contribution in [0.2, 0.25) is 0 Å². The minimum absolute atomic E-state index is 0.0205. The second-order valence-corrected chi connectivity index (χ2v) is 16.7. The van der Waals surface area contributed by atoms with E-state index in [0.29, 0.717) is 61.7 Å². The second kappa shape index (κ2) is 11.5. The van der Waals surface area contributed by atoms with Crippen molar-refractivity contribution in [3.05, 3.63) is 47.3 Å². The molecule has 4 unspecified atom stereocenters. The van der Waals surface area contributed by atoms with Gasteiger partial charge in [0.2, 0.25) is 5.91 Å². The number of hydroxylamine groups is 3. The molecule has 4 aliphatic carbocycles. The number of pyridine rings is 1. The van der Waals surface area contributed by atoms with E-state index in [2.05, 4.69) is 18.8 Å². The largest absolute Gasteiger partial charge is 0.632 e. The number of fused-ring (bicyclic) bond motifs is 6. The van der Waals surface area contributed by atoms with Crippen LogP contribution in [-0.2, 0) is 4.79 Å². The van der Waals surface area contributed by atoms with E-state index in [1.807, 2.05) is 30.3 Å². The number of aliphatic hydroxyl groups is 2. The first-order chi connectivity index (χ1) is 22.5. The molecule has 1 aromatic carbocycles. The molecular formula is C38H52N4O5. The number of aliphatic hydroxyl groups excluding tert-OH is 2. The molecule has 9 nitrogen and oxygen atoms in total. The third kappa shape index (κ3) is 4.97. The fourth-order valence-electron chi connectivity index (χ4n) is 11.9. The summed E-state index contributed by atoms with van der Waals surface area (Å²) in [4.78, 5) is 35.4. The summed E-state index contributed by atoms with van der Waals surface area (Å²) in [7, 11) is 0. The molecule has 2 N–H and O–H groups in total. The zero-order valence-corrected chi connectivity index (χ0v) is 28.1. The van der Waals surface area contributed by atoms with Crippen LogP contribution in [0.4, 0.5) is 0 Å². The lowest BCUT2D eigenvalue weighted by Crippen LogP contribution is -2.69. The Morgan fingerprint density at radius 2 is 1.72 bits per heavy atom. The molecule has 0 radical (unpaired) electrons. The van der Waals surface area contributed by atoms with Gasteiger partial charge in [-0.3, -0.25) is 14.6 Å². The topological polar surface area (TPSA) is 117 Å². The molecule has 47 heavy (non-hydrogen) atoms. The van der Waals surface area contributed by atoms with Crippen molar-refractivity contribution in [1.29, 1.82) is 0 Å². The van der Waals surface area contributed by atoms with Crippen LogP contribution in [0.1, 0.15) is 88.4 Å². The van der Waals surface area contributed by atoms with Gasteiger partial charge in [-0.15, -0.1) is 0 Å². The zero-order valence-electron chi connectivity index (χ0n) is 28.1. The Bertz CT molecular complexity index is 1540. The van der Waals surface area contributed by atoms with Gasteiger partial charge in [0.1, 0.15) is 18.2 Å². The van der Waals surface area contributed by atoms with Crippen LogP contribution < -0.4 is 0 Å². The first-order valence-electron chi connectivity index (χ1n) is 18.4. The summed E-state index contributed by atoms with van der Waals surface area (Å²) in [5.41, 5.74) is 1.37. The van der Waals surface area contributed by atoms with Gasteiger partial charge in [-0.1, -0.05) is 32.0 Å². The molecule has 0 spiro atoms. The molecule has 4 saturated carbocycles. The Labute approximate surface area is 278 Å². The summed E-state index contributed by atoms with van der Waals surface area (Å²) in [5.74, 6) is 1.90. The lowest BCUT2D eigenvalue weighted by molar-refractivity contribution is -0.915. The number of piperazine rings is 1. The van der Waals surface area contributed by atoms with Crippen LogP contribution in [0, 0.1) is 39.7 Å². The molecule has 2 amide bonds. The van der Waals surface area contributed by atoms with Crippen LogP contribution in [-0.4, -0.2) is 98.5 Å². The number of aromatic nitrogens is 1. The molecule has 9 heteroatoms. The summed E-state index contributed by atoms with van der Waals surface area (Å²) in [6.07, 6.45) is 10.1. The van der Waals surface area contributed by atoms with Gasteiger partial charge >= 0.3 is 0 Å². The molecule has 8 rings (SSSR count). The maximum absolute atomic E-state index is 14.6. The number of hydrogen-bond donors (Lipinski definition) is 2. The van der Waals surface area contributed by atoms with E-state index in [1.54, 1.807) is 16.0 Å². The average Bonchev–Trinajstić information content (AvgIpc) is 3.68. The minimum Gasteiger partial charge on any atom is -0.632 e. The fourth-order valence-corrected chi connectivity index (χ4v) is 11.9. The number of rotatable bonds is 3. The number of amides is 2. The highest BCUT2D eigenvalue weighted by Crippen LogP contribution is 2.66. The Balaban J connectivity index is 0.944. The standard InChI is InChI=1S/C38H52N4O5/c1-37-14-13-29-27(28(37)11-12-34(37)44)10-9-26-21-33(43)32(22-38(26,29)2)42(47)18-16-40(17-19-42)36(46)31-8-5-15-41(31)35(45)25-20-24-6-3-4-7-30(24)39-23-25/h3-4,6-7,20,23,26-29,31-34,43-44H,5,8-19,21-22H2,1-2H3/t26?,27?,28?,29?,31-,32+,33+,34+,37+,38+/m1/s1. The van der Waals surface area contributed by atoms with Gasteiger partial charge in [-0.05, 0) is 104 Å². The Morgan fingerprint density at radius 1 is 0.957 bits per heavy atom. The smallest absolute Gasteiger partial charge is 0.256 e. The van der Waals surface area contributed by atoms with Crippen molar-refractivity contribution in [1.82, 2.24) is 14.8 Å². The number of hydrogen-bond acceptors (Lipinski definition) is 6. The molecule has 254 valence electrons. The molecule has 6 fully saturated rings. The van der Waals surface area contributed by atoms with Crippen LogP contribution >= 0.6 is 0 Å². The highest BCUT2D eigenvalue weighted by molar-refractivity contribution is 6.00. The number of benzene rings is 1. The van der Waals surface area contributed by atoms with Gasteiger partial charge in [0, 0.05) is 24.5 Å². The maximum atomic E-state index is 14.6. The molecule has 6 aliphatic rings. The number of carbonyl (C=O) groups is 2. The van der Waals surface area contributed by atoms with Crippen molar-refractivity contribution in [2.45, 2.75) is 102 Å². The van der Waals surface area contributed by atoms with Gasteiger partial charge in [-0.25, -0.2) is 0 Å². The van der Waals surface area contributed by atoms with E-state index in [0.717, 1.165) is 55.8 Å². The second-order valence-electron chi connectivity index (χ2n) is 16.7. The first kappa shape index (κ1) is 31.7. The molecular weight excluding hydrogens is 592 g/mol. The highest BCUT2D eigenvalue weighted by Gasteiger charge is 2.62. The van der Waals surface area contributed by atoms with E-state index < -0.39 is 16.8 Å². The van der Waals surface area contributed by atoms with Crippen molar-refractivity contribution in [2.75, 3.05) is 32.7 Å². The molecule has 2 saturated heterocycles. The number of quaternary nitrogens is 1. The summed E-state index contributed by atoms with van der Waals surface area (Å²) < 4.78 is -0.430. The Kier molecular flexibility index (Phi) is 7.75. The average molecular weight is 645 g/mol. The number of nitrogens with zero attached hydrogens (tertiary/aromatic N) is 4. The van der Waals surface area contributed by atoms with E-state index in [-0.39, 0.29) is 47.9 Å². The summed E-state index contributed by atoms with van der Waals surface area (Å²) in [5, 5.41) is 37.9. The van der Waals surface area contributed by atoms with Gasteiger partial charge in [0.05, 0.1) is 43.4 Å². The summed E-state index contributed by atoms with van der Waals surface area (Å²) in [6.45, 7) is 6.54. The molecule has 2 aliphatic heterocycles. The predicted molar refractivity (Wildman–Crippen MR) is 179 cm³/mol. The van der Waals surface area contributed by atoms with Crippen LogP contribution in [0.25, 0.3) is 10.9 Å². The van der Waals surface area contributed by atoms with Crippen LogP contribution in [0.5, 0.6) is 0 Å². The lowest BCUT2D eigenvalue weighted by atomic mass is 9.44. The van der Waals surface area contributed by atoms with Crippen molar-refractivity contribution in [3.63, 3.8) is 0 Å². The predicted octanol–water partition coefficient (Wildman–Crippen LogP) is 4.74. The number of likely N-dealkylation sites (tertiary alicyclic amines) is 1. The quantitative estimate of drug-likeness (QED) is 0.369.